The molecule has 0 aromatic heterocycles. The zero-order valence-electron chi connectivity index (χ0n) is 17.8. The molecular weight excluding hydrogens is 494 g/mol. The summed E-state index contributed by atoms with van der Waals surface area (Å²) in [5.41, 5.74) is 0.458. The number of carbonyl (C=O) groups is 2. The van der Waals surface area contributed by atoms with Crippen LogP contribution in [0.3, 0.4) is 0 Å². The summed E-state index contributed by atoms with van der Waals surface area (Å²) in [5, 5.41) is 3.01. The number of amides is 1. The summed E-state index contributed by atoms with van der Waals surface area (Å²) in [4.78, 5) is 24.7. The van der Waals surface area contributed by atoms with Crippen molar-refractivity contribution in [3.63, 3.8) is 0 Å². The molecule has 0 atom stereocenters. The van der Waals surface area contributed by atoms with Crippen molar-refractivity contribution in [2.75, 3.05) is 25.0 Å². The highest BCUT2D eigenvalue weighted by atomic mass is 35.5. The number of halogens is 3. The number of benzene rings is 2. The van der Waals surface area contributed by atoms with Crippen molar-refractivity contribution >= 4 is 50.8 Å². The first-order valence-electron chi connectivity index (χ1n) is 10.3. The second kappa shape index (κ2) is 10.8. The van der Waals surface area contributed by atoms with Gasteiger partial charge in [-0.1, -0.05) is 29.3 Å². The van der Waals surface area contributed by atoms with Gasteiger partial charge in [-0.3, -0.25) is 4.79 Å². The SMILES string of the molecule is CCOC(=O)c1cc(NC(=O)C2CCN(S(=O)(=O)Cc3c(F)cccc3Cl)CC2)ccc1Cl. The van der Waals surface area contributed by atoms with Crippen LogP contribution in [0.4, 0.5) is 10.1 Å². The van der Waals surface area contributed by atoms with E-state index in [4.69, 9.17) is 27.9 Å². The zero-order chi connectivity index (χ0) is 24.2. The minimum atomic E-state index is -3.80. The number of ether oxygens (including phenoxy) is 1. The van der Waals surface area contributed by atoms with E-state index in [1.54, 1.807) is 13.0 Å². The van der Waals surface area contributed by atoms with Crippen LogP contribution in [0.2, 0.25) is 10.0 Å². The number of anilines is 1. The summed E-state index contributed by atoms with van der Waals surface area (Å²) < 4.78 is 45.7. The molecule has 1 amide bonds. The molecule has 11 heteroatoms. The fourth-order valence-electron chi connectivity index (χ4n) is 3.55. The average Bonchev–Trinajstić information content (AvgIpc) is 2.78. The number of rotatable bonds is 7. The Labute approximate surface area is 201 Å². The van der Waals surface area contributed by atoms with Gasteiger partial charge in [0.2, 0.25) is 15.9 Å². The van der Waals surface area contributed by atoms with Crippen LogP contribution in [-0.4, -0.2) is 44.3 Å². The molecule has 33 heavy (non-hydrogen) atoms. The third-order valence-electron chi connectivity index (χ3n) is 5.34. The van der Waals surface area contributed by atoms with Crippen LogP contribution in [0, 0.1) is 11.7 Å². The highest BCUT2D eigenvalue weighted by molar-refractivity contribution is 7.88. The van der Waals surface area contributed by atoms with Gasteiger partial charge in [-0.2, -0.15) is 0 Å². The predicted molar refractivity (Wildman–Crippen MR) is 124 cm³/mol. The second-order valence-electron chi connectivity index (χ2n) is 7.53. The van der Waals surface area contributed by atoms with Gasteiger partial charge in [-0.25, -0.2) is 21.9 Å². The average molecular weight is 517 g/mol. The Morgan fingerprint density at radius 1 is 1.15 bits per heavy atom. The minimum Gasteiger partial charge on any atom is -0.462 e. The topological polar surface area (TPSA) is 92.8 Å². The van der Waals surface area contributed by atoms with Crippen molar-refractivity contribution in [1.82, 2.24) is 4.31 Å². The Morgan fingerprint density at radius 3 is 2.48 bits per heavy atom. The van der Waals surface area contributed by atoms with E-state index in [1.807, 2.05) is 0 Å². The lowest BCUT2D eigenvalue weighted by atomic mass is 9.97. The van der Waals surface area contributed by atoms with Crippen molar-refractivity contribution in [2.24, 2.45) is 5.92 Å². The van der Waals surface area contributed by atoms with E-state index in [1.165, 1.54) is 28.6 Å². The fourth-order valence-corrected chi connectivity index (χ4v) is 5.66. The van der Waals surface area contributed by atoms with Crippen molar-refractivity contribution < 1.29 is 27.1 Å². The van der Waals surface area contributed by atoms with Crippen LogP contribution in [0.1, 0.15) is 35.7 Å². The summed E-state index contributed by atoms with van der Waals surface area (Å²) >= 11 is 12.0. The summed E-state index contributed by atoms with van der Waals surface area (Å²) in [6.07, 6.45) is 0.600. The molecule has 0 radical (unpaired) electrons. The molecule has 1 heterocycles. The lowest BCUT2D eigenvalue weighted by Crippen LogP contribution is -2.42. The van der Waals surface area contributed by atoms with Gasteiger partial charge in [0.15, 0.2) is 0 Å². The first-order valence-corrected chi connectivity index (χ1v) is 12.7. The van der Waals surface area contributed by atoms with Gasteiger partial charge >= 0.3 is 5.97 Å². The van der Waals surface area contributed by atoms with Gasteiger partial charge in [0.1, 0.15) is 5.82 Å². The summed E-state index contributed by atoms with van der Waals surface area (Å²) in [5.74, 6) is -2.52. The number of nitrogens with zero attached hydrogens (tertiary/aromatic N) is 1. The van der Waals surface area contributed by atoms with Crippen molar-refractivity contribution in [3.8, 4) is 0 Å². The van der Waals surface area contributed by atoms with Gasteiger partial charge in [0, 0.05) is 35.3 Å². The van der Waals surface area contributed by atoms with Crippen molar-refractivity contribution in [3.05, 3.63) is 63.4 Å². The minimum absolute atomic E-state index is 0.0537. The Morgan fingerprint density at radius 2 is 1.85 bits per heavy atom. The lowest BCUT2D eigenvalue weighted by Gasteiger charge is -2.30. The predicted octanol–water partition coefficient (Wildman–Crippen LogP) is 4.49. The Hall–Kier alpha value is -2.20. The summed E-state index contributed by atoms with van der Waals surface area (Å²) in [6.45, 7) is 2.12. The molecule has 1 aliphatic heterocycles. The standard InChI is InChI=1S/C22H23Cl2FN2O5S/c1-2-32-22(29)16-12-15(6-7-19(16)24)26-21(28)14-8-10-27(11-9-14)33(30,31)13-17-18(23)4-3-5-20(17)25/h3-7,12,14H,2,8-11,13H2,1H3,(H,26,28). The number of carbonyl (C=O) groups excluding carboxylic acids is 2. The Balaban J connectivity index is 1.61. The molecule has 7 nitrogen and oxygen atoms in total. The first kappa shape index (κ1) is 25.4. The second-order valence-corrected chi connectivity index (χ2v) is 10.3. The van der Waals surface area contributed by atoms with Gasteiger partial charge in [0.05, 0.1) is 22.9 Å². The molecule has 1 aliphatic rings. The van der Waals surface area contributed by atoms with Crippen molar-refractivity contribution in [2.45, 2.75) is 25.5 Å². The molecule has 0 unspecified atom stereocenters. The van der Waals surface area contributed by atoms with Crippen LogP contribution in [0.15, 0.2) is 36.4 Å². The van der Waals surface area contributed by atoms with Crippen LogP contribution < -0.4 is 5.32 Å². The van der Waals surface area contributed by atoms with Crippen LogP contribution in [-0.2, 0) is 25.3 Å². The van der Waals surface area contributed by atoms with E-state index < -0.39 is 33.5 Å². The molecule has 0 saturated carbocycles. The van der Waals surface area contributed by atoms with Gasteiger partial charge < -0.3 is 10.1 Å². The van der Waals surface area contributed by atoms with Gasteiger partial charge in [-0.15, -0.1) is 0 Å². The van der Waals surface area contributed by atoms with E-state index >= 15 is 0 Å². The molecule has 178 valence electrons. The number of hydrogen-bond acceptors (Lipinski definition) is 5. The van der Waals surface area contributed by atoms with E-state index in [9.17, 15) is 22.4 Å². The molecule has 3 rings (SSSR count). The van der Waals surface area contributed by atoms with Crippen molar-refractivity contribution in [1.29, 1.82) is 0 Å². The van der Waals surface area contributed by atoms with Gasteiger partial charge in [0.25, 0.3) is 0 Å². The monoisotopic (exact) mass is 516 g/mol. The molecule has 1 N–H and O–H groups in total. The molecule has 0 spiro atoms. The number of esters is 1. The maximum atomic E-state index is 14.0. The third kappa shape index (κ3) is 6.23. The Kier molecular flexibility index (Phi) is 8.33. The normalized spacial score (nSPS) is 15.3. The fraction of sp³-hybridized carbons (Fsp3) is 0.364. The van der Waals surface area contributed by atoms with E-state index in [0.717, 1.165) is 6.07 Å². The first-order chi connectivity index (χ1) is 15.6. The van der Waals surface area contributed by atoms with Gasteiger partial charge in [-0.05, 0) is 50.1 Å². The van der Waals surface area contributed by atoms with E-state index in [0.29, 0.717) is 18.5 Å². The van der Waals surface area contributed by atoms with Crippen LogP contribution in [0.25, 0.3) is 0 Å². The Bertz CT molecular complexity index is 1130. The third-order valence-corrected chi connectivity index (χ3v) is 7.82. The molecule has 1 saturated heterocycles. The van der Waals surface area contributed by atoms with E-state index in [-0.39, 0.29) is 46.8 Å². The number of hydrogen-bond donors (Lipinski definition) is 1. The van der Waals surface area contributed by atoms with E-state index in [2.05, 4.69) is 5.32 Å². The molecule has 0 bridgehead atoms. The lowest BCUT2D eigenvalue weighted by molar-refractivity contribution is -0.120. The molecule has 2 aromatic rings. The smallest absolute Gasteiger partial charge is 0.339 e. The molecule has 1 fully saturated rings. The molecule has 0 aliphatic carbocycles. The number of sulfonamides is 1. The summed E-state index contributed by atoms with van der Waals surface area (Å²) in [7, 11) is -3.80. The quantitative estimate of drug-likeness (QED) is 0.547. The highest BCUT2D eigenvalue weighted by Gasteiger charge is 2.32. The maximum absolute atomic E-state index is 14.0. The number of piperidine rings is 1. The van der Waals surface area contributed by atoms with Crippen LogP contribution >= 0.6 is 23.2 Å². The zero-order valence-corrected chi connectivity index (χ0v) is 20.1. The maximum Gasteiger partial charge on any atom is 0.339 e. The molecular formula is C22H23Cl2FN2O5S. The largest absolute Gasteiger partial charge is 0.462 e. The highest BCUT2D eigenvalue weighted by Crippen LogP contribution is 2.27. The summed E-state index contributed by atoms with van der Waals surface area (Å²) in [6, 6.07) is 8.52. The molecule has 2 aromatic carbocycles. The van der Waals surface area contributed by atoms with Crippen LogP contribution in [0.5, 0.6) is 0 Å². The number of nitrogens with one attached hydrogen (secondary N) is 1.